The molecule has 3 heteroatoms. The van der Waals surface area contributed by atoms with E-state index in [9.17, 15) is 0 Å². The van der Waals surface area contributed by atoms with Crippen LogP contribution in [0.15, 0.2) is 0 Å². The van der Waals surface area contributed by atoms with Gasteiger partial charge in [0.15, 0.2) is 0 Å². The Kier molecular flexibility index (Phi) is 2.18. The normalized spacial score (nSPS) is 40.9. The fourth-order valence-electron chi connectivity index (χ4n) is 2.39. The van der Waals surface area contributed by atoms with Crippen LogP contribution in [0.2, 0.25) is 0 Å². The predicted octanol–water partition coefficient (Wildman–Crippen LogP) is 1.68. The Balaban J connectivity index is 2.07. The summed E-state index contributed by atoms with van der Waals surface area (Å²) in [6.07, 6.45) is 5.75. The molecule has 2 aliphatic rings. The van der Waals surface area contributed by atoms with E-state index in [-0.39, 0.29) is 0 Å². The molecule has 1 aliphatic carbocycles. The molecule has 0 amide bonds. The van der Waals surface area contributed by atoms with Crippen molar-refractivity contribution in [1.82, 2.24) is 9.34 Å². The van der Waals surface area contributed by atoms with E-state index in [1.54, 1.807) is 0 Å². The number of fused-ring (bicyclic) bond motifs is 1. The van der Waals surface area contributed by atoms with E-state index in [2.05, 4.69) is 23.4 Å². The van der Waals surface area contributed by atoms with Crippen molar-refractivity contribution in [3.8, 4) is 0 Å². The minimum atomic E-state index is 0.882. The van der Waals surface area contributed by atoms with Crippen LogP contribution in [0, 0.1) is 0 Å². The number of nitrogens with zero attached hydrogens (tertiary/aromatic N) is 2. The van der Waals surface area contributed by atoms with Crippen LogP contribution >= 0.6 is 8.88 Å². The molecule has 0 spiro atoms. The Bertz CT molecular complexity index is 135. The van der Waals surface area contributed by atoms with Gasteiger partial charge in [-0.3, -0.25) is 9.34 Å². The second kappa shape index (κ2) is 3.01. The first-order chi connectivity index (χ1) is 5.29. The summed E-state index contributed by atoms with van der Waals surface area (Å²) in [6.45, 7) is 0. The molecule has 2 fully saturated rings. The van der Waals surface area contributed by atoms with E-state index >= 15 is 0 Å². The zero-order valence-corrected chi connectivity index (χ0v) is 8.38. The Hall–Kier alpha value is 0.350. The van der Waals surface area contributed by atoms with E-state index in [0.717, 1.165) is 21.0 Å². The van der Waals surface area contributed by atoms with Crippen molar-refractivity contribution in [3.05, 3.63) is 0 Å². The average Bonchev–Trinajstić information content (AvgIpc) is 2.30. The topological polar surface area (TPSA) is 6.48 Å². The first-order valence-corrected chi connectivity index (χ1v) is 5.40. The summed E-state index contributed by atoms with van der Waals surface area (Å²) in [5.41, 5.74) is 0. The molecular formula is C8H17N2P. The lowest BCUT2D eigenvalue weighted by Gasteiger charge is -2.29. The lowest BCUT2D eigenvalue weighted by molar-refractivity contribution is 0.233. The van der Waals surface area contributed by atoms with Crippen LogP contribution < -0.4 is 0 Å². The molecule has 11 heavy (non-hydrogen) atoms. The highest BCUT2D eigenvalue weighted by Gasteiger charge is 2.37. The third kappa shape index (κ3) is 1.32. The first kappa shape index (κ1) is 7.97. The van der Waals surface area contributed by atoms with Crippen molar-refractivity contribution in [2.75, 3.05) is 14.1 Å². The highest BCUT2D eigenvalue weighted by molar-refractivity contribution is 7.32. The zero-order valence-electron chi connectivity index (χ0n) is 7.38. The highest BCUT2D eigenvalue weighted by Crippen LogP contribution is 2.42. The van der Waals surface area contributed by atoms with Gasteiger partial charge in [0.2, 0.25) is 0 Å². The molecule has 1 heterocycles. The monoisotopic (exact) mass is 172 g/mol. The van der Waals surface area contributed by atoms with Crippen LogP contribution in [0.4, 0.5) is 0 Å². The van der Waals surface area contributed by atoms with Gasteiger partial charge in [-0.2, -0.15) is 0 Å². The van der Waals surface area contributed by atoms with Gasteiger partial charge in [0.05, 0.1) is 0 Å². The first-order valence-electron chi connectivity index (χ1n) is 4.51. The summed E-state index contributed by atoms with van der Waals surface area (Å²) in [5.74, 6) is 0. The second-order valence-electron chi connectivity index (χ2n) is 3.74. The SMILES string of the molecule is CN1PN(C)[C@@H]2CCCC[C@H]21. The number of hydrogen-bond donors (Lipinski definition) is 0. The summed E-state index contributed by atoms with van der Waals surface area (Å²) in [5, 5.41) is 0. The van der Waals surface area contributed by atoms with Crippen molar-refractivity contribution in [1.29, 1.82) is 0 Å². The smallest absolute Gasteiger partial charge is 0.0299 e. The molecule has 2 nitrogen and oxygen atoms in total. The zero-order chi connectivity index (χ0) is 7.84. The predicted molar refractivity (Wildman–Crippen MR) is 49.9 cm³/mol. The van der Waals surface area contributed by atoms with Gasteiger partial charge in [-0.1, -0.05) is 12.8 Å². The van der Waals surface area contributed by atoms with Gasteiger partial charge in [0.25, 0.3) is 0 Å². The highest BCUT2D eigenvalue weighted by atomic mass is 31.1. The molecule has 0 unspecified atom stereocenters. The molecule has 64 valence electrons. The molecular weight excluding hydrogens is 155 g/mol. The lowest BCUT2D eigenvalue weighted by Crippen LogP contribution is -2.37. The third-order valence-electron chi connectivity index (χ3n) is 3.00. The Morgan fingerprint density at radius 2 is 1.45 bits per heavy atom. The molecule has 0 aromatic heterocycles. The molecule has 2 atom stereocenters. The van der Waals surface area contributed by atoms with Gasteiger partial charge in [0, 0.05) is 21.0 Å². The van der Waals surface area contributed by atoms with Gasteiger partial charge in [-0.05, 0) is 26.9 Å². The summed E-state index contributed by atoms with van der Waals surface area (Å²) < 4.78 is 5.06. The third-order valence-corrected chi connectivity index (χ3v) is 4.30. The van der Waals surface area contributed by atoms with Crippen molar-refractivity contribution in [3.63, 3.8) is 0 Å². The summed E-state index contributed by atoms with van der Waals surface area (Å²) in [4.78, 5) is 0. The maximum Gasteiger partial charge on any atom is 0.0299 e. The van der Waals surface area contributed by atoms with Crippen LogP contribution in [0.1, 0.15) is 25.7 Å². The number of hydrogen-bond acceptors (Lipinski definition) is 2. The quantitative estimate of drug-likeness (QED) is 0.513. The summed E-state index contributed by atoms with van der Waals surface area (Å²) in [6, 6.07) is 1.76. The standard InChI is InChI=1S/C8H17N2P/c1-9-7-5-3-4-6-8(7)10(2)11-9/h7-8,11H,3-6H2,1-2H3/t7-,8-/m1/s1. The van der Waals surface area contributed by atoms with E-state index in [1.165, 1.54) is 25.7 Å². The van der Waals surface area contributed by atoms with E-state index in [0.29, 0.717) is 0 Å². The Morgan fingerprint density at radius 3 is 1.91 bits per heavy atom. The molecule has 1 aliphatic heterocycles. The van der Waals surface area contributed by atoms with Crippen LogP contribution in [0.25, 0.3) is 0 Å². The fraction of sp³-hybridized carbons (Fsp3) is 1.00. The van der Waals surface area contributed by atoms with Gasteiger partial charge in [0.1, 0.15) is 0 Å². The molecule has 2 rings (SSSR count). The molecule has 0 aromatic rings. The van der Waals surface area contributed by atoms with Crippen molar-refractivity contribution in [2.45, 2.75) is 37.8 Å². The molecule has 0 aromatic carbocycles. The van der Waals surface area contributed by atoms with Crippen LogP contribution in [-0.4, -0.2) is 35.5 Å². The number of likely N-dealkylation sites (N-methyl/N-ethyl adjacent to an activating group) is 2. The molecule has 1 saturated heterocycles. The van der Waals surface area contributed by atoms with E-state index in [4.69, 9.17) is 0 Å². The van der Waals surface area contributed by atoms with Crippen molar-refractivity contribution < 1.29 is 0 Å². The van der Waals surface area contributed by atoms with Crippen molar-refractivity contribution in [2.24, 2.45) is 0 Å². The molecule has 0 N–H and O–H groups in total. The molecule has 0 bridgehead atoms. The number of rotatable bonds is 0. The van der Waals surface area contributed by atoms with Crippen molar-refractivity contribution >= 4 is 8.88 Å². The van der Waals surface area contributed by atoms with Gasteiger partial charge in [-0.15, -0.1) is 0 Å². The Morgan fingerprint density at radius 1 is 1.00 bits per heavy atom. The lowest BCUT2D eigenvalue weighted by atomic mass is 9.91. The second-order valence-corrected chi connectivity index (χ2v) is 5.35. The van der Waals surface area contributed by atoms with Crippen LogP contribution in [-0.2, 0) is 0 Å². The minimum Gasteiger partial charge on any atom is -0.271 e. The van der Waals surface area contributed by atoms with Gasteiger partial charge < -0.3 is 0 Å². The average molecular weight is 172 g/mol. The fourth-order valence-corrected chi connectivity index (χ4v) is 3.79. The van der Waals surface area contributed by atoms with Crippen LogP contribution in [0.3, 0.4) is 0 Å². The van der Waals surface area contributed by atoms with E-state index in [1.807, 2.05) is 0 Å². The summed E-state index contributed by atoms with van der Waals surface area (Å²) >= 11 is 0. The molecule has 0 radical (unpaired) electrons. The van der Waals surface area contributed by atoms with E-state index < -0.39 is 0 Å². The minimum absolute atomic E-state index is 0.882. The van der Waals surface area contributed by atoms with Gasteiger partial charge in [-0.25, -0.2) is 0 Å². The van der Waals surface area contributed by atoms with Crippen LogP contribution in [0.5, 0.6) is 0 Å². The Labute approximate surface area is 70.8 Å². The van der Waals surface area contributed by atoms with Gasteiger partial charge >= 0.3 is 0 Å². The summed E-state index contributed by atoms with van der Waals surface area (Å²) in [7, 11) is 5.47. The largest absolute Gasteiger partial charge is 0.271 e. The molecule has 1 saturated carbocycles. The maximum absolute atomic E-state index is 2.53. The maximum atomic E-state index is 2.53.